The number of hydrogen-bond acceptors (Lipinski definition) is 7. The molecule has 0 radical (unpaired) electrons. The number of aromatic nitrogens is 1. The van der Waals surface area contributed by atoms with Gasteiger partial charge in [0.05, 0.1) is 36.6 Å². The van der Waals surface area contributed by atoms with Gasteiger partial charge >= 0.3 is 0 Å². The molecule has 6 nitrogen and oxygen atoms in total. The number of thiazole rings is 1. The largest absolute Gasteiger partial charge is 0.497 e. The number of benzene rings is 2. The van der Waals surface area contributed by atoms with Crippen LogP contribution in [0.3, 0.4) is 0 Å². The Kier molecular flexibility index (Phi) is 5.60. The molecule has 0 bridgehead atoms. The van der Waals surface area contributed by atoms with Crippen molar-refractivity contribution in [3.63, 3.8) is 0 Å². The quantitative estimate of drug-likeness (QED) is 0.653. The molecule has 2 N–H and O–H groups in total. The second-order valence-electron chi connectivity index (χ2n) is 8.61. The molecule has 0 spiro atoms. The van der Waals surface area contributed by atoms with Gasteiger partial charge in [-0.15, -0.1) is 11.3 Å². The second-order valence-corrected chi connectivity index (χ2v) is 9.67. The van der Waals surface area contributed by atoms with Crippen LogP contribution in [0.5, 0.6) is 11.5 Å². The predicted octanol–water partition coefficient (Wildman–Crippen LogP) is 3.83. The average Bonchev–Trinajstić information content (AvgIpc) is 3.21. The fourth-order valence-corrected chi connectivity index (χ4v) is 6.23. The summed E-state index contributed by atoms with van der Waals surface area (Å²) < 4.78 is 12.3. The molecule has 2 aromatic carbocycles. The number of piperidine rings is 1. The van der Waals surface area contributed by atoms with Gasteiger partial charge in [0.15, 0.2) is 0 Å². The first kappa shape index (κ1) is 20.7. The summed E-state index contributed by atoms with van der Waals surface area (Å²) in [5, 5.41) is 1.15. The van der Waals surface area contributed by atoms with Gasteiger partial charge in [-0.05, 0) is 62.8 Å². The number of rotatable bonds is 5. The van der Waals surface area contributed by atoms with E-state index in [1.807, 2.05) is 6.07 Å². The first-order valence-electron chi connectivity index (χ1n) is 10.9. The highest BCUT2D eigenvalue weighted by molar-refractivity contribution is 7.18. The Morgan fingerprint density at radius 2 is 1.71 bits per heavy atom. The summed E-state index contributed by atoms with van der Waals surface area (Å²) in [6.45, 7) is 2.22. The number of fused-ring (bicyclic) bond motifs is 1. The van der Waals surface area contributed by atoms with Crippen LogP contribution in [-0.2, 0) is 0 Å². The molecule has 2 fully saturated rings. The van der Waals surface area contributed by atoms with Crippen LogP contribution in [0.2, 0.25) is 0 Å². The van der Waals surface area contributed by atoms with Gasteiger partial charge in [0, 0.05) is 18.0 Å². The normalized spacial score (nSPS) is 25.5. The van der Waals surface area contributed by atoms with Gasteiger partial charge in [-0.1, -0.05) is 12.1 Å². The van der Waals surface area contributed by atoms with Gasteiger partial charge < -0.3 is 20.1 Å². The van der Waals surface area contributed by atoms with Crippen LogP contribution in [0, 0.1) is 0 Å². The smallest absolute Gasteiger partial charge is 0.122 e. The minimum Gasteiger partial charge on any atom is -0.497 e. The highest BCUT2D eigenvalue weighted by Crippen LogP contribution is 2.53. The molecule has 3 heterocycles. The SMILES string of the molecule is COc1cc(OC)cc(C2C(N)N(C3CCN(C)CC3)C2c2nc3ccccc3s2)c1. The number of hydrogen-bond donors (Lipinski definition) is 1. The highest BCUT2D eigenvalue weighted by Gasteiger charge is 2.52. The molecule has 3 atom stereocenters. The number of likely N-dealkylation sites (tertiary alicyclic amines) is 2. The van der Waals surface area contributed by atoms with E-state index >= 15 is 0 Å². The van der Waals surface area contributed by atoms with Crippen LogP contribution in [0.4, 0.5) is 0 Å². The zero-order valence-corrected chi connectivity index (χ0v) is 19.1. The van der Waals surface area contributed by atoms with Crippen molar-refractivity contribution in [1.29, 1.82) is 0 Å². The Labute approximate surface area is 187 Å². The molecule has 7 heteroatoms. The zero-order valence-electron chi connectivity index (χ0n) is 18.3. The molecular formula is C24H30N4O2S. The highest BCUT2D eigenvalue weighted by atomic mass is 32.1. The Bertz CT molecular complexity index is 1010. The molecule has 164 valence electrons. The third-order valence-corrected chi connectivity index (χ3v) is 7.91. The van der Waals surface area contributed by atoms with Crippen molar-refractivity contribution in [2.24, 2.45) is 5.73 Å². The molecule has 0 amide bonds. The van der Waals surface area contributed by atoms with E-state index < -0.39 is 0 Å². The topological polar surface area (TPSA) is 63.9 Å². The molecule has 2 saturated heterocycles. The fraction of sp³-hybridized carbons (Fsp3) is 0.458. The summed E-state index contributed by atoms with van der Waals surface area (Å²) in [7, 11) is 5.58. The number of methoxy groups -OCH3 is 2. The predicted molar refractivity (Wildman–Crippen MR) is 125 cm³/mol. The van der Waals surface area contributed by atoms with Crippen LogP contribution in [0.25, 0.3) is 10.2 Å². The molecule has 1 aromatic heterocycles. The van der Waals surface area contributed by atoms with Crippen molar-refractivity contribution < 1.29 is 9.47 Å². The van der Waals surface area contributed by atoms with E-state index in [2.05, 4.69) is 53.2 Å². The summed E-state index contributed by atoms with van der Waals surface area (Å²) in [6.07, 6.45) is 2.22. The Balaban J connectivity index is 1.55. The molecule has 3 unspecified atom stereocenters. The third-order valence-electron chi connectivity index (χ3n) is 6.81. The lowest BCUT2D eigenvalue weighted by atomic mass is 9.77. The van der Waals surface area contributed by atoms with Gasteiger partial charge in [-0.2, -0.15) is 0 Å². The Morgan fingerprint density at radius 1 is 1.03 bits per heavy atom. The van der Waals surface area contributed by atoms with Crippen LogP contribution in [0.1, 0.15) is 35.4 Å². The van der Waals surface area contributed by atoms with Gasteiger partial charge in [-0.25, -0.2) is 4.98 Å². The maximum atomic E-state index is 6.88. The molecule has 3 aromatic rings. The lowest BCUT2D eigenvalue weighted by molar-refractivity contribution is -0.0667. The van der Waals surface area contributed by atoms with E-state index in [0.717, 1.165) is 53.5 Å². The monoisotopic (exact) mass is 438 g/mol. The Morgan fingerprint density at radius 3 is 2.35 bits per heavy atom. The number of nitrogens with zero attached hydrogens (tertiary/aromatic N) is 3. The van der Waals surface area contributed by atoms with E-state index in [4.69, 9.17) is 20.2 Å². The van der Waals surface area contributed by atoms with Crippen molar-refractivity contribution >= 4 is 21.6 Å². The van der Waals surface area contributed by atoms with E-state index in [9.17, 15) is 0 Å². The summed E-state index contributed by atoms with van der Waals surface area (Å²) in [5.41, 5.74) is 9.09. The fourth-order valence-electron chi connectivity index (χ4n) is 5.10. The first-order chi connectivity index (χ1) is 15.1. The molecule has 0 saturated carbocycles. The van der Waals surface area contributed by atoms with Crippen molar-refractivity contribution in [3.05, 3.63) is 53.0 Å². The maximum absolute atomic E-state index is 6.88. The number of para-hydroxylation sites is 1. The summed E-state index contributed by atoms with van der Waals surface area (Å²) >= 11 is 1.79. The van der Waals surface area contributed by atoms with Crippen LogP contribution in [-0.4, -0.2) is 61.3 Å². The van der Waals surface area contributed by atoms with Gasteiger partial charge in [0.2, 0.25) is 0 Å². The summed E-state index contributed by atoms with van der Waals surface area (Å²) in [4.78, 5) is 9.96. The second kappa shape index (κ2) is 8.39. The van der Waals surface area contributed by atoms with Gasteiger partial charge in [0.25, 0.3) is 0 Å². The summed E-state index contributed by atoms with van der Waals surface area (Å²) in [5.74, 6) is 1.73. The minimum atomic E-state index is -0.0535. The van der Waals surface area contributed by atoms with Crippen LogP contribution >= 0.6 is 11.3 Å². The molecule has 2 aliphatic heterocycles. The molecule has 31 heavy (non-hydrogen) atoms. The molecule has 2 aliphatic rings. The number of ether oxygens (including phenoxy) is 2. The number of nitrogens with two attached hydrogens (primary N) is 1. The molecular weight excluding hydrogens is 408 g/mol. The Hall–Kier alpha value is -2.19. The molecule has 5 rings (SSSR count). The van der Waals surface area contributed by atoms with Crippen molar-refractivity contribution in [2.75, 3.05) is 34.4 Å². The van der Waals surface area contributed by atoms with E-state index in [0.29, 0.717) is 6.04 Å². The van der Waals surface area contributed by atoms with E-state index in [1.165, 1.54) is 4.70 Å². The third kappa shape index (κ3) is 3.69. The van der Waals surface area contributed by atoms with Crippen LogP contribution in [0.15, 0.2) is 42.5 Å². The van der Waals surface area contributed by atoms with Gasteiger partial charge in [-0.3, -0.25) is 4.90 Å². The van der Waals surface area contributed by atoms with Crippen molar-refractivity contribution in [1.82, 2.24) is 14.8 Å². The van der Waals surface area contributed by atoms with E-state index in [-0.39, 0.29) is 18.1 Å². The average molecular weight is 439 g/mol. The van der Waals surface area contributed by atoms with Crippen molar-refractivity contribution in [3.8, 4) is 11.5 Å². The minimum absolute atomic E-state index is 0.0535. The lowest BCUT2D eigenvalue weighted by Gasteiger charge is -2.57. The van der Waals surface area contributed by atoms with Crippen LogP contribution < -0.4 is 15.2 Å². The first-order valence-corrected chi connectivity index (χ1v) is 11.7. The van der Waals surface area contributed by atoms with Crippen molar-refractivity contribution in [2.45, 2.75) is 37.0 Å². The zero-order chi connectivity index (χ0) is 21.5. The molecule has 0 aliphatic carbocycles. The lowest BCUT2D eigenvalue weighted by Crippen LogP contribution is -2.65. The van der Waals surface area contributed by atoms with E-state index in [1.54, 1.807) is 25.6 Å². The summed E-state index contributed by atoms with van der Waals surface area (Å²) in [6, 6.07) is 15.1. The maximum Gasteiger partial charge on any atom is 0.122 e. The standard InChI is InChI=1S/C24H30N4O2S/c1-27-10-8-16(9-11-27)28-22(24-26-19-6-4-5-7-20(19)31-24)21(23(28)25)15-12-17(29-2)14-18(13-15)30-3/h4-7,12-14,16,21-23H,8-11,25H2,1-3H3. The van der Waals surface area contributed by atoms with Gasteiger partial charge in [0.1, 0.15) is 16.5 Å².